The number of benzene rings is 2. The molecule has 0 radical (unpaired) electrons. The molecule has 0 aromatic heterocycles. The molecule has 0 atom stereocenters. The van der Waals surface area contributed by atoms with Crippen molar-refractivity contribution in [2.24, 2.45) is 0 Å². The van der Waals surface area contributed by atoms with Gasteiger partial charge in [-0.3, -0.25) is 9.59 Å². The molecule has 0 fully saturated rings. The molecule has 2 aromatic carbocycles. The standard InChI is InChI=1S/C19H18O5S/c1-12-3-6-18(13(2)7-12)25-10-19(21)22-9-15(20)14-4-5-16-17(8-14)24-11-23-16/h3-8H,9-11H2,1-2H3. The summed E-state index contributed by atoms with van der Waals surface area (Å²) in [5, 5.41) is 0. The minimum atomic E-state index is -0.418. The highest BCUT2D eigenvalue weighted by atomic mass is 32.2. The number of thioether (sulfide) groups is 1. The van der Waals surface area contributed by atoms with Crippen LogP contribution in [-0.4, -0.2) is 30.9 Å². The van der Waals surface area contributed by atoms with Gasteiger partial charge in [-0.2, -0.15) is 0 Å². The number of carbonyl (C=O) groups excluding carboxylic acids is 2. The average Bonchev–Trinajstić information content (AvgIpc) is 3.06. The predicted octanol–water partition coefficient (Wildman–Crippen LogP) is 3.55. The van der Waals surface area contributed by atoms with E-state index in [9.17, 15) is 9.59 Å². The van der Waals surface area contributed by atoms with E-state index in [0.717, 1.165) is 10.5 Å². The Balaban J connectivity index is 1.49. The van der Waals surface area contributed by atoms with Gasteiger partial charge in [-0.15, -0.1) is 11.8 Å². The lowest BCUT2D eigenvalue weighted by molar-refractivity contribution is -0.139. The number of hydrogen-bond acceptors (Lipinski definition) is 6. The number of fused-ring (bicyclic) bond motifs is 1. The van der Waals surface area contributed by atoms with Crippen molar-refractivity contribution < 1.29 is 23.8 Å². The Labute approximate surface area is 150 Å². The fourth-order valence-electron chi connectivity index (χ4n) is 2.44. The molecule has 130 valence electrons. The SMILES string of the molecule is Cc1ccc(SCC(=O)OCC(=O)c2ccc3c(c2)OCO3)c(C)c1. The van der Waals surface area contributed by atoms with E-state index in [1.54, 1.807) is 18.2 Å². The van der Waals surface area contributed by atoms with Crippen LogP contribution in [0, 0.1) is 13.8 Å². The third kappa shape index (κ3) is 4.33. The summed E-state index contributed by atoms with van der Waals surface area (Å²) in [5.41, 5.74) is 2.73. The van der Waals surface area contributed by atoms with Gasteiger partial charge in [0.05, 0.1) is 5.75 Å². The van der Waals surface area contributed by atoms with Crippen LogP contribution in [-0.2, 0) is 9.53 Å². The van der Waals surface area contributed by atoms with Crippen LogP contribution in [0.15, 0.2) is 41.3 Å². The normalized spacial score (nSPS) is 12.1. The van der Waals surface area contributed by atoms with Crippen LogP contribution >= 0.6 is 11.8 Å². The maximum atomic E-state index is 12.1. The van der Waals surface area contributed by atoms with Gasteiger partial charge < -0.3 is 14.2 Å². The first-order valence-electron chi connectivity index (χ1n) is 7.81. The number of ketones is 1. The maximum Gasteiger partial charge on any atom is 0.316 e. The van der Waals surface area contributed by atoms with Crippen LogP contribution in [0.4, 0.5) is 0 Å². The van der Waals surface area contributed by atoms with E-state index < -0.39 is 5.97 Å². The molecule has 0 spiro atoms. The lowest BCUT2D eigenvalue weighted by Gasteiger charge is -2.07. The fourth-order valence-corrected chi connectivity index (χ4v) is 3.25. The predicted molar refractivity (Wildman–Crippen MR) is 94.5 cm³/mol. The Morgan fingerprint density at radius 1 is 1.08 bits per heavy atom. The van der Waals surface area contributed by atoms with Gasteiger partial charge in [0, 0.05) is 10.5 Å². The molecular formula is C19H18O5S. The van der Waals surface area contributed by atoms with Gasteiger partial charge in [-0.1, -0.05) is 17.7 Å². The van der Waals surface area contributed by atoms with Crippen LogP contribution in [0.25, 0.3) is 0 Å². The number of Topliss-reactive ketones (excluding diaryl/α,β-unsaturated/α-hetero) is 1. The van der Waals surface area contributed by atoms with Gasteiger partial charge in [-0.05, 0) is 43.7 Å². The average molecular weight is 358 g/mol. The third-order valence-electron chi connectivity index (χ3n) is 3.73. The van der Waals surface area contributed by atoms with Gasteiger partial charge in [0.25, 0.3) is 0 Å². The largest absolute Gasteiger partial charge is 0.457 e. The Hall–Kier alpha value is -2.47. The molecule has 3 rings (SSSR count). The molecule has 2 aromatic rings. The molecule has 0 saturated carbocycles. The van der Waals surface area contributed by atoms with Crippen LogP contribution in [0.5, 0.6) is 11.5 Å². The van der Waals surface area contributed by atoms with Crippen molar-refractivity contribution in [2.45, 2.75) is 18.7 Å². The van der Waals surface area contributed by atoms with Crippen LogP contribution in [0.1, 0.15) is 21.5 Å². The monoisotopic (exact) mass is 358 g/mol. The minimum absolute atomic E-state index is 0.150. The Morgan fingerprint density at radius 3 is 2.68 bits per heavy atom. The summed E-state index contributed by atoms with van der Waals surface area (Å²) in [6.45, 7) is 3.89. The van der Waals surface area contributed by atoms with Gasteiger partial charge in [0.1, 0.15) is 0 Å². The van der Waals surface area contributed by atoms with E-state index in [1.165, 1.54) is 17.3 Å². The number of aryl methyl sites for hydroxylation is 2. The smallest absolute Gasteiger partial charge is 0.316 e. The number of ether oxygens (including phenoxy) is 3. The molecule has 0 aliphatic carbocycles. The van der Waals surface area contributed by atoms with E-state index in [4.69, 9.17) is 14.2 Å². The van der Waals surface area contributed by atoms with E-state index in [-0.39, 0.29) is 24.9 Å². The van der Waals surface area contributed by atoms with Gasteiger partial charge in [0.2, 0.25) is 6.79 Å². The zero-order chi connectivity index (χ0) is 17.8. The van der Waals surface area contributed by atoms with E-state index in [1.807, 2.05) is 26.0 Å². The summed E-state index contributed by atoms with van der Waals surface area (Å²) < 4.78 is 15.5. The highest BCUT2D eigenvalue weighted by molar-refractivity contribution is 8.00. The highest BCUT2D eigenvalue weighted by Crippen LogP contribution is 2.32. The molecule has 5 nitrogen and oxygen atoms in total. The van der Waals surface area contributed by atoms with Gasteiger partial charge in [0.15, 0.2) is 23.9 Å². The lowest BCUT2D eigenvalue weighted by Crippen LogP contribution is -2.15. The minimum Gasteiger partial charge on any atom is -0.457 e. The second-order valence-electron chi connectivity index (χ2n) is 5.71. The Morgan fingerprint density at radius 2 is 1.88 bits per heavy atom. The van der Waals surface area contributed by atoms with Crippen molar-refractivity contribution in [2.75, 3.05) is 19.2 Å². The van der Waals surface area contributed by atoms with Gasteiger partial charge in [-0.25, -0.2) is 0 Å². The van der Waals surface area contributed by atoms with Crippen molar-refractivity contribution in [1.29, 1.82) is 0 Å². The molecule has 0 N–H and O–H groups in total. The maximum absolute atomic E-state index is 12.1. The first-order chi connectivity index (χ1) is 12.0. The molecular weight excluding hydrogens is 340 g/mol. The lowest BCUT2D eigenvalue weighted by atomic mass is 10.1. The third-order valence-corrected chi connectivity index (χ3v) is 4.88. The number of hydrogen-bond donors (Lipinski definition) is 0. The summed E-state index contributed by atoms with van der Waals surface area (Å²) in [5.74, 6) is 0.612. The highest BCUT2D eigenvalue weighted by Gasteiger charge is 2.17. The summed E-state index contributed by atoms with van der Waals surface area (Å²) >= 11 is 1.41. The molecule has 0 amide bonds. The zero-order valence-corrected chi connectivity index (χ0v) is 14.9. The van der Waals surface area contributed by atoms with Crippen LogP contribution < -0.4 is 9.47 Å². The molecule has 1 aliphatic heterocycles. The first-order valence-corrected chi connectivity index (χ1v) is 8.80. The van der Waals surface area contributed by atoms with Crippen molar-refractivity contribution in [1.82, 2.24) is 0 Å². The van der Waals surface area contributed by atoms with Crippen molar-refractivity contribution in [3.63, 3.8) is 0 Å². The quantitative estimate of drug-likeness (QED) is 0.447. The van der Waals surface area contributed by atoms with Crippen molar-refractivity contribution in [3.05, 3.63) is 53.1 Å². The van der Waals surface area contributed by atoms with Crippen LogP contribution in [0.3, 0.4) is 0 Å². The second-order valence-corrected chi connectivity index (χ2v) is 6.73. The number of esters is 1. The molecule has 0 unspecified atom stereocenters. The Bertz CT molecular complexity index is 815. The molecule has 0 saturated heterocycles. The number of rotatable bonds is 6. The van der Waals surface area contributed by atoms with E-state index >= 15 is 0 Å². The molecule has 25 heavy (non-hydrogen) atoms. The van der Waals surface area contributed by atoms with Crippen molar-refractivity contribution >= 4 is 23.5 Å². The fraction of sp³-hybridized carbons (Fsp3) is 0.263. The Kier molecular flexibility index (Phi) is 5.28. The van der Waals surface area contributed by atoms with E-state index in [0.29, 0.717) is 17.1 Å². The summed E-state index contributed by atoms with van der Waals surface area (Å²) in [7, 11) is 0. The number of carbonyl (C=O) groups is 2. The second kappa shape index (κ2) is 7.61. The summed E-state index contributed by atoms with van der Waals surface area (Å²) in [4.78, 5) is 25.0. The molecule has 1 aliphatic rings. The molecule has 0 bridgehead atoms. The molecule has 1 heterocycles. The zero-order valence-electron chi connectivity index (χ0n) is 14.0. The summed E-state index contributed by atoms with van der Waals surface area (Å²) in [6.07, 6.45) is 0. The van der Waals surface area contributed by atoms with E-state index in [2.05, 4.69) is 6.07 Å². The topological polar surface area (TPSA) is 61.8 Å². The first kappa shape index (κ1) is 17.4. The molecule has 6 heteroatoms. The van der Waals surface area contributed by atoms with Crippen molar-refractivity contribution in [3.8, 4) is 11.5 Å². The van der Waals surface area contributed by atoms with Gasteiger partial charge >= 0.3 is 5.97 Å². The summed E-state index contributed by atoms with van der Waals surface area (Å²) in [6, 6.07) is 11.0. The van der Waals surface area contributed by atoms with Crippen LogP contribution in [0.2, 0.25) is 0 Å².